The number of nitrogens with zero attached hydrogens (tertiary/aromatic N) is 2. The molecule has 4 aliphatic rings. The van der Waals surface area contributed by atoms with Gasteiger partial charge >= 0.3 is 6.03 Å². The molecule has 1 aliphatic heterocycles. The van der Waals surface area contributed by atoms with Gasteiger partial charge in [0, 0.05) is 18.2 Å². The lowest BCUT2D eigenvalue weighted by Crippen LogP contribution is -2.69. The van der Waals surface area contributed by atoms with Crippen LogP contribution in [0.15, 0.2) is 53.3 Å². The molecule has 0 radical (unpaired) electrons. The minimum absolute atomic E-state index is 0.0119. The number of imide groups is 1. The second-order valence-electron chi connectivity index (χ2n) is 12.2. The quantitative estimate of drug-likeness (QED) is 0.526. The molecule has 5 rings (SSSR count). The highest BCUT2D eigenvalue weighted by Crippen LogP contribution is 2.65. The number of hydrogen-bond donors (Lipinski definition) is 0. The molecule has 0 N–H and O–H groups in total. The Morgan fingerprint density at radius 3 is 2.23 bits per heavy atom. The summed E-state index contributed by atoms with van der Waals surface area (Å²) >= 11 is 0. The van der Waals surface area contributed by atoms with Crippen molar-refractivity contribution in [1.82, 2.24) is 4.90 Å². The number of carbonyl (C=O) groups excluding carboxylic acids is 2. The largest absolute Gasteiger partial charge is 0.336 e. The summed E-state index contributed by atoms with van der Waals surface area (Å²) in [5.41, 5.74) is 4.12. The summed E-state index contributed by atoms with van der Waals surface area (Å²) in [6, 6.07) is 9.66. The molecular weight excluding hydrogens is 384 g/mol. The first-order valence-electron chi connectivity index (χ1n) is 11.5. The van der Waals surface area contributed by atoms with E-state index in [1.807, 2.05) is 35.2 Å². The number of para-hydroxylation sites is 1. The highest BCUT2D eigenvalue weighted by atomic mass is 16.2. The van der Waals surface area contributed by atoms with Gasteiger partial charge in [-0.05, 0) is 66.1 Å². The first-order valence-corrected chi connectivity index (χ1v) is 11.5. The SMILES string of the molecule is CC(=O)N1C(=O)N(c2ccccc2)C2=C3C(=CC4(C)CC(C)(C)CC31C4)CC(C)(C)C2. The van der Waals surface area contributed by atoms with Crippen molar-refractivity contribution >= 4 is 17.6 Å². The Morgan fingerprint density at radius 1 is 0.903 bits per heavy atom. The number of urea groups is 1. The summed E-state index contributed by atoms with van der Waals surface area (Å²) in [5.74, 6) is -0.149. The van der Waals surface area contributed by atoms with Gasteiger partial charge in [-0.25, -0.2) is 4.79 Å². The molecule has 1 fully saturated rings. The number of carbonyl (C=O) groups is 2. The Hall–Kier alpha value is -2.36. The lowest BCUT2D eigenvalue weighted by molar-refractivity contribution is -0.134. The summed E-state index contributed by atoms with van der Waals surface area (Å²) in [5, 5.41) is 0. The fourth-order valence-corrected chi connectivity index (χ4v) is 7.66. The van der Waals surface area contributed by atoms with Crippen LogP contribution in [0.4, 0.5) is 10.5 Å². The molecule has 1 saturated carbocycles. The van der Waals surface area contributed by atoms with Crippen molar-refractivity contribution in [1.29, 1.82) is 0 Å². The van der Waals surface area contributed by atoms with Crippen LogP contribution in [0.3, 0.4) is 0 Å². The van der Waals surface area contributed by atoms with Crippen LogP contribution in [0, 0.1) is 16.2 Å². The molecule has 4 heteroatoms. The normalized spacial score (nSPS) is 33.1. The highest BCUT2D eigenvalue weighted by molar-refractivity contribution is 6.07. The summed E-state index contributed by atoms with van der Waals surface area (Å²) in [6.45, 7) is 13.1. The van der Waals surface area contributed by atoms with Gasteiger partial charge in [0.1, 0.15) is 0 Å². The molecule has 31 heavy (non-hydrogen) atoms. The summed E-state index contributed by atoms with van der Waals surface area (Å²) in [7, 11) is 0. The number of amides is 3. The van der Waals surface area contributed by atoms with Crippen molar-refractivity contribution in [2.75, 3.05) is 4.90 Å². The second-order valence-corrected chi connectivity index (χ2v) is 12.2. The molecule has 0 aromatic heterocycles. The van der Waals surface area contributed by atoms with Crippen LogP contribution >= 0.6 is 0 Å². The van der Waals surface area contributed by atoms with Crippen molar-refractivity contribution in [3.8, 4) is 0 Å². The monoisotopic (exact) mass is 418 g/mol. The Balaban J connectivity index is 1.86. The fraction of sp³-hybridized carbons (Fsp3) is 0.556. The van der Waals surface area contributed by atoms with Crippen molar-refractivity contribution in [3.05, 3.63) is 53.3 Å². The Kier molecular flexibility index (Phi) is 4.05. The minimum atomic E-state index is -0.541. The van der Waals surface area contributed by atoms with Crippen LogP contribution in [-0.4, -0.2) is 22.4 Å². The molecule has 164 valence electrons. The topological polar surface area (TPSA) is 40.6 Å². The molecule has 4 nitrogen and oxygen atoms in total. The van der Waals surface area contributed by atoms with Crippen LogP contribution < -0.4 is 4.90 Å². The zero-order chi connectivity index (χ0) is 22.4. The maximum atomic E-state index is 14.1. The minimum Gasteiger partial charge on any atom is -0.275 e. The standard InChI is InChI=1S/C27H34N2O2/c1-18(30)29-23(31)28(20-10-8-7-9-11-20)21-14-24(2,3)12-19-13-26(6)15-25(4,5)16-27(29,17-26)22(19)21/h7-11,13H,12,14-17H2,1-6H3. The van der Waals surface area contributed by atoms with E-state index >= 15 is 0 Å². The molecule has 1 heterocycles. The number of allylic oxidation sites excluding steroid dienone is 2. The summed E-state index contributed by atoms with van der Waals surface area (Å²) in [6.07, 6.45) is 7.08. The molecule has 3 amide bonds. The lowest BCUT2D eigenvalue weighted by atomic mass is 9.49. The Bertz CT molecular complexity index is 1050. The molecular formula is C27H34N2O2. The zero-order valence-corrected chi connectivity index (χ0v) is 19.7. The van der Waals surface area contributed by atoms with Crippen LogP contribution in [0.25, 0.3) is 0 Å². The van der Waals surface area contributed by atoms with Gasteiger partial charge in [0.15, 0.2) is 0 Å². The summed E-state index contributed by atoms with van der Waals surface area (Å²) in [4.78, 5) is 30.7. The van der Waals surface area contributed by atoms with E-state index in [1.165, 1.54) is 11.1 Å². The van der Waals surface area contributed by atoms with Crippen molar-refractivity contribution in [2.24, 2.45) is 16.2 Å². The van der Waals surface area contributed by atoms with E-state index in [1.54, 1.807) is 11.8 Å². The number of hydrogen-bond acceptors (Lipinski definition) is 2. The first-order chi connectivity index (χ1) is 14.4. The maximum absolute atomic E-state index is 14.1. The second kappa shape index (κ2) is 6.11. The number of fused-ring (bicyclic) bond motifs is 1. The third kappa shape index (κ3) is 2.94. The van der Waals surface area contributed by atoms with E-state index in [2.05, 4.69) is 40.7 Å². The molecule has 2 unspecified atom stereocenters. The van der Waals surface area contributed by atoms with Crippen LogP contribution in [0.1, 0.15) is 73.6 Å². The predicted octanol–water partition coefficient (Wildman–Crippen LogP) is 6.44. The van der Waals surface area contributed by atoms with E-state index in [0.29, 0.717) is 0 Å². The average Bonchev–Trinajstić information content (AvgIpc) is 2.57. The van der Waals surface area contributed by atoms with Gasteiger partial charge in [-0.2, -0.15) is 0 Å². The third-order valence-corrected chi connectivity index (χ3v) is 7.67. The van der Waals surface area contributed by atoms with Crippen molar-refractivity contribution in [3.63, 3.8) is 0 Å². The predicted molar refractivity (Wildman–Crippen MR) is 123 cm³/mol. The molecule has 2 bridgehead atoms. The number of rotatable bonds is 1. The first kappa shape index (κ1) is 20.5. The molecule has 2 atom stereocenters. The van der Waals surface area contributed by atoms with Crippen LogP contribution in [-0.2, 0) is 4.79 Å². The Labute approximate surface area is 186 Å². The molecule has 1 aromatic rings. The van der Waals surface area contributed by atoms with Gasteiger partial charge in [-0.15, -0.1) is 0 Å². The van der Waals surface area contributed by atoms with Gasteiger partial charge in [0.05, 0.1) is 11.2 Å². The van der Waals surface area contributed by atoms with E-state index in [0.717, 1.165) is 43.5 Å². The van der Waals surface area contributed by atoms with Crippen molar-refractivity contribution in [2.45, 2.75) is 79.2 Å². The van der Waals surface area contributed by atoms with Gasteiger partial charge in [0.2, 0.25) is 5.91 Å². The summed E-state index contributed by atoms with van der Waals surface area (Å²) < 4.78 is 0. The maximum Gasteiger partial charge on any atom is 0.336 e. The van der Waals surface area contributed by atoms with Gasteiger partial charge in [-0.1, -0.05) is 58.9 Å². The molecule has 3 aliphatic carbocycles. The van der Waals surface area contributed by atoms with E-state index in [4.69, 9.17) is 0 Å². The Morgan fingerprint density at radius 2 is 1.58 bits per heavy atom. The highest BCUT2D eigenvalue weighted by Gasteiger charge is 2.63. The number of anilines is 1. The van der Waals surface area contributed by atoms with Crippen molar-refractivity contribution < 1.29 is 9.59 Å². The van der Waals surface area contributed by atoms with Crippen LogP contribution in [0.2, 0.25) is 0 Å². The average molecular weight is 419 g/mol. The lowest BCUT2D eigenvalue weighted by Gasteiger charge is -2.64. The fourth-order valence-electron chi connectivity index (χ4n) is 7.66. The molecule has 0 saturated heterocycles. The van der Waals surface area contributed by atoms with E-state index in [9.17, 15) is 9.59 Å². The third-order valence-electron chi connectivity index (χ3n) is 7.67. The van der Waals surface area contributed by atoms with Crippen LogP contribution in [0.5, 0.6) is 0 Å². The molecule has 1 aromatic carbocycles. The zero-order valence-electron chi connectivity index (χ0n) is 19.7. The van der Waals surface area contributed by atoms with Gasteiger partial charge in [-0.3, -0.25) is 14.6 Å². The smallest absolute Gasteiger partial charge is 0.275 e. The van der Waals surface area contributed by atoms with Gasteiger partial charge in [0.25, 0.3) is 0 Å². The van der Waals surface area contributed by atoms with E-state index in [-0.39, 0.29) is 28.2 Å². The van der Waals surface area contributed by atoms with Gasteiger partial charge < -0.3 is 0 Å². The number of benzene rings is 1. The molecule has 1 spiro atoms. The van der Waals surface area contributed by atoms with E-state index < -0.39 is 5.54 Å².